The summed E-state index contributed by atoms with van der Waals surface area (Å²) in [4.78, 5) is 27.7. The van der Waals surface area contributed by atoms with Crippen molar-refractivity contribution in [2.24, 2.45) is 0 Å². The third-order valence-corrected chi connectivity index (χ3v) is 4.21. The first kappa shape index (κ1) is 17.8. The molecule has 1 amide bonds. The zero-order valence-electron chi connectivity index (χ0n) is 14.0. The summed E-state index contributed by atoms with van der Waals surface area (Å²) in [6, 6.07) is 11.3. The van der Waals surface area contributed by atoms with E-state index in [1.807, 2.05) is 0 Å². The molecule has 0 aromatic heterocycles. The van der Waals surface area contributed by atoms with Crippen LogP contribution in [0.5, 0.6) is 0 Å². The van der Waals surface area contributed by atoms with Gasteiger partial charge in [-0.1, -0.05) is 6.07 Å². The molecule has 5 nitrogen and oxygen atoms in total. The number of amides is 1. The molecule has 0 spiro atoms. The first-order chi connectivity index (χ1) is 12.5. The molecule has 1 heterocycles. The van der Waals surface area contributed by atoms with Crippen molar-refractivity contribution in [3.63, 3.8) is 0 Å². The molecule has 3 rings (SSSR count). The lowest BCUT2D eigenvalue weighted by Gasteiger charge is -2.36. The van der Waals surface area contributed by atoms with Crippen molar-refractivity contribution in [1.82, 2.24) is 4.90 Å². The summed E-state index contributed by atoms with van der Waals surface area (Å²) in [7, 11) is 0. The monoisotopic (exact) mass is 360 g/mol. The van der Waals surface area contributed by atoms with Gasteiger partial charge in [-0.3, -0.25) is 4.79 Å². The fourth-order valence-electron chi connectivity index (χ4n) is 2.78. The fraction of sp³-hybridized carbons (Fsp3) is 0.263. The number of ether oxygens (including phenoxy) is 1. The van der Waals surface area contributed by atoms with Gasteiger partial charge in [0.15, 0.2) is 6.61 Å². The van der Waals surface area contributed by atoms with Crippen molar-refractivity contribution in [3.05, 3.63) is 65.7 Å². The number of carbonyl (C=O) groups is 2. The van der Waals surface area contributed by atoms with E-state index in [1.165, 1.54) is 30.3 Å². The van der Waals surface area contributed by atoms with E-state index in [0.717, 1.165) is 11.8 Å². The second-order valence-corrected chi connectivity index (χ2v) is 5.93. The minimum absolute atomic E-state index is 0.0685. The van der Waals surface area contributed by atoms with Crippen LogP contribution < -0.4 is 4.90 Å². The summed E-state index contributed by atoms with van der Waals surface area (Å²) in [5.74, 6) is -1.86. The second-order valence-electron chi connectivity index (χ2n) is 5.93. The van der Waals surface area contributed by atoms with Gasteiger partial charge in [0.1, 0.15) is 11.6 Å². The lowest BCUT2D eigenvalue weighted by atomic mass is 10.2. The van der Waals surface area contributed by atoms with E-state index in [0.29, 0.717) is 26.2 Å². The third kappa shape index (κ3) is 4.36. The number of carbonyl (C=O) groups excluding carboxylic acids is 2. The van der Waals surface area contributed by atoms with Crippen molar-refractivity contribution in [2.45, 2.75) is 0 Å². The van der Waals surface area contributed by atoms with Crippen LogP contribution in [-0.2, 0) is 9.53 Å². The van der Waals surface area contributed by atoms with Gasteiger partial charge in [0.2, 0.25) is 0 Å². The number of hydrogen-bond donors (Lipinski definition) is 0. The highest BCUT2D eigenvalue weighted by molar-refractivity contribution is 5.91. The predicted molar refractivity (Wildman–Crippen MR) is 91.9 cm³/mol. The highest BCUT2D eigenvalue weighted by Gasteiger charge is 2.22. The average molecular weight is 360 g/mol. The van der Waals surface area contributed by atoms with Gasteiger partial charge < -0.3 is 14.5 Å². The molecule has 2 aromatic rings. The van der Waals surface area contributed by atoms with E-state index in [9.17, 15) is 18.4 Å². The van der Waals surface area contributed by atoms with Crippen LogP contribution in [0.3, 0.4) is 0 Å². The number of nitrogens with zero attached hydrogens (tertiary/aromatic N) is 2. The van der Waals surface area contributed by atoms with E-state index in [2.05, 4.69) is 4.90 Å². The Labute approximate surface area is 149 Å². The lowest BCUT2D eigenvalue weighted by Crippen LogP contribution is -2.49. The van der Waals surface area contributed by atoms with Crippen LogP contribution in [0, 0.1) is 11.6 Å². The Morgan fingerprint density at radius 2 is 1.62 bits per heavy atom. The number of rotatable bonds is 4. The van der Waals surface area contributed by atoms with Crippen LogP contribution in [-0.4, -0.2) is 49.6 Å². The first-order valence-corrected chi connectivity index (χ1v) is 8.24. The summed E-state index contributed by atoms with van der Waals surface area (Å²) in [5.41, 5.74) is 0.968. The Balaban J connectivity index is 1.47. The van der Waals surface area contributed by atoms with Gasteiger partial charge in [-0.15, -0.1) is 0 Å². The summed E-state index contributed by atoms with van der Waals surface area (Å²) in [6.45, 7) is 1.79. The molecular formula is C19H18F2N2O3. The number of hydrogen-bond acceptors (Lipinski definition) is 4. The molecule has 1 aliphatic rings. The van der Waals surface area contributed by atoms with E-state index in [-0.39, 0.29) is 23.9 Å². The van der Waals surface area contributed by atoms with Crippen molar-refractivity contribution < 1.29 is 23.1 Å². The van der Waals surface area contributed by atoms with Crippen LogP contribution in [0.1, 0.15) is 10.4 Å². The van der Waals surface area contributed by atoms with Crippen molar-refractivity contribution in [1.29, 1.82) is 0 Å². The van der Waals surface area contributed by atoms with Gasteiger partial charge >= 0.3 is 5.97 Å². The predicted octanol–water partition coefficient (Wildman–Crippen LogP) is 2.47. The van der Waals surface area contributed by atoms with Gasteiger partial charge in [-0.05, 0) is 42.5 Å². The van der Waals surface area contributed by atoms with Crippen LogP contribution in [0.15, 0.2) is 48.5 Å². The molecule has 136 valence electrons. The standard InChI is InChI=1S/C19H18F2N2O3/c20-15-4-6-17(7-5-15)22-8-10-23(11-9-22)18(24)13-26-19(25)14-2-1-3-16(21)12-14/h1-7,12H,8-11,13H2. The van der Waals surface area contributed by atoms with E-state index >= 15 is 0 Å². The average Bonchev–Trinajstić information content (AvgIpc) is 2.66. The van der Waals surface area contributed by atoms with Gasteiger partial charge in [-0.25, -0.2) is 13.6 Å². The molecule has 1 aliphatic heterocycles. The van der Waals surface area contributed by atoms with E-state index < -0.39 is 11.8 Å². The zero-order valence-corrected chi connectivity index (χ0v) is 14.0. The third-order valence-electron chi connectivity index (χ3n) is 4.21. The summed E-state index contributed by atoms with van der Waals surface area (Å²) in [5, 5.41) is 0. The Morgan fingerprint density at radius 1 is 0.923 bits per heavy atom. The molecule has 0 saturated carbocycles. The fourth-order valence-corrected chi connectivity index (χ4v) is 2.78. The molecular weight excluding hydrogens is 342 g/mol. The Hall–Kier alpha value is -2.96. The number of halogens is 2. The normalized spacial score (nSPS) is 14.2. The largest absolute Gasteiger partial charge is 0.452 e. The molecule has 1 saturated heterocycles. The minimum atomic E-state index is -0.734. The van der Waals surface area contributed by atoms with E-state index in [1.54, 1.807) is 17.0 Å². The van der Waals surface area contributed by atoms with Crippen molar-refractivity contribution in [3.8, 4) is 0 Å². The summed E-state index contributed by atoms with van der Waals surface area (Å²) < 4.78 is 31.1. The van der Waals surface area contributed by atoms with Crippen molar-refractivity contribution in [2.75, 3.05) is 37.7 Å². The highest BCUT2D eigenvalue weighted by atomic mass is 19.1. The van der Waals surface area contributed by atoms with Gasteiger partial charge in [0, 0.05) is 31.9 Å². The molecule has 0 N–H and O–H groups in total. The van der Waals surface area contributed by atoms with Crippen molar-refractivity contribution >= 4 is 17.6 Å². The first-order valence-electron chi connectivity index (χ1n) is 8.24. The van der Waals surface area contributed by atoms with Gasteiger partial charge in [0.25, 0.3) is 5.91 Å². The van der Waals surface area contributed by atoms with Crippen LogP contribution >= 0.6 is 0 Å². The smallest absolute Gasteiger partial charge is 0.338 e. The molecule has 26 heavy (non-hydrogen) atoms. The van der Waals surface area contributed by atoms with Gasteiger partial charge in [-0.2, -0.15) is 0 Å². The number of esters is 1. The van der Waals surface area contributed by atoms with E-state index in [4.69, 9.17) is 4.74 Å². The quantitative estimate of drug-likeness (QED) is 0.786. The zero-order chi connectivity index (χ0) is 18.5. The SMILES string of the molecule is O=C(OCC(=O)N1CCN(c2ccc(F)cc2)CC1)c1cccc(F)c1. The number of piperazine rings is 1. The number of benzene rings is 2. The molecule has 0 aliphatic carbocycles. The molecule has 0 radical (unpaired) electrons. The Bertz CT molecular complexity index is 788. The summed E-state index contributed by atoms with van der Waals surface area (Å²) >= 11 is 0. The maximum Gasteiger partial charge on any atom is 0.338 e. The minimum Gasteiger partial charge on any atom is -0.452 e. The van der Waals surface area contributed by atoms with Crippen LogP contribution in [0.2, 0.25) is 0 Å². The van der Waals surface area contributed by atoms with Crippen LogP contribution in [0.4, 0.5) is 14.5 Å². The maximum atomic E-state index is 13.1. The Morgan fingerprint density at radius 3 is 2.27 bits per heavy atom. The van der Waals surface area contributed by atoms with Crippen LogP contribution in [0.25, 0.3) is 0 Å². The number of anilines is 1. The molecule has 1 fully saturated rings. The highest BCUT2D eigenvalue weighted by Crippen LogP contribution is 2.17. The second kappa shape index (κ2) is 7.95. The maximum absolute atomic E-state index is 13.1. The molecule has 0 unspecified atom stereocenters. The molecule has 7 heteroatoms. The molecule has 0 bridgehead atoms. The summed E-state index contributed by atoms with van der Waals surface area (Å²) in [6.07, 6.45) is 0. The molecule has 2 aromatic carbocycles. The Kier molecular flexibility index (Phi) is 5.46. The topological polar surface area (TPSA) is 49.9 Å². The lowest BCUT2D eigenvalue weighted by molar-refractivity contribution is -0.134. The molecule has 0 atom stereocenters. The van der Waals surface area contributed by atoms with Gasteiger partial charge in [0.05, 0.1) is 5.56 Å².